The van der Waals surface area contributed by atoms with Crippen molar-refractivity contribution in [1.82, 2.24) is 10.6 Å². The van der Waals surface area contributed by atoms with Crippen molar-refractivity contribution in [1.29, 1.82) is 0 Å². The van der Waals surface area contributed by atoms with Crippen molar-refractivity contribution >= 4 is 28.7 Å². The van der Waals surface area contributed by atoms with Crippen molar-refractivity contribution in [2.24, 2.45) is 5.73 Å². The van der Waals surface area contributed by atoms with Gasteiger partial charge in [0.15, 0.2) is 0 Å². The van der Waals surface area contributed by atoms with Crippen LogP contribution in [0.2, 0.25) is 0 Å². The fraction of sp³-hybridized carbons (Fsp3) is 0.174. The van der Waals surface area contributed by atoms with E-state index < -0.39 is 23.9 Å². The highest BCUT2D eigenvalue weighted by Crippen LogP contribution is 2.20. The second-order valence-corrected chi connectivity index (χ2v) is 6.79. The Bertz CT molecular complexity index is 1030. The zero-order valence-electron chi connectivity index (χ0n) is 16.3. The number of hydrogen-bond donors (Lipinski definition) is 3. The van der Waals surface area contributed by atoms with Gasteiger partial charge < -0.3 is 21.1 Å². The number of carbonyl (C=O) groups is 3. The molecule has 7 heteroatoms. The van der Waals surface area contributed by atoms with Crippen LogP contribution in [0.15, 0.2) is 72.8 Å². The summed E-state index contributed by atoms with van der Waals surface area (Å²) in [4.78, 5) is 36.0. The Morgan fingerprint density at radius 1 is 0.900 bits per heavy atom. The summed E-state index contributed by atoms with van der Waals surface area (Å²) in [6.07, 6.45) is -0.495. The number of carbonyl (C=O) groups excluding carboxylic acids is 3. The van der Waals surface area contributed by atoms with Crippen LogP contribution in [-0.4, -0.2) is 30.5 Å². The summed E-state index contributed by atoms with van der Waals surface area (Å²) >= 11 is 0. The number of amides is 3. The van der Waals surface area contributed by atoms with Gasteiger partial charge in [-0.2, -0.15) is 0 Å². The van der Waals surface area contributed by atoms with E-state index in [-0.39, 0.29) is 19.6 Å². The van der Waals surface area contributed by atoms with E-state index in [0.717, 1.165) is 21.9 Å². The fourth-order valence-corrected chi connectivity index (χ4v) is 3.10. The molecule has 3 amide bonds. The number of rotatable bonds is 8. The Hall–Kier alpha value is -3.87. The summed E-state index contributed by atoms with van der Waals surface area (Å²) in [5, 5.41) is 7.05. The quantitative estimate of drug-likeness (QED) is 0.534. The van der Waals surface area contributed by atoms with Gasteiger partial charge in [-0.1, -0.05) is 72.8 Å². The van der Waals surface area contributed by atoms with Crippen LogP contribution in [0.4, 0.5) is 4.79 Å². The van der Waals surface area contributed by atoms with Gasteiger partial charge in [0, 0.05) is 6.42 Å². The molecule has 30 heavy (non-hydrogen) atoms. The first-order valence-corrected chi connectivity index (χ1v) is 9.53. The highest BCUT2D eigenvalue weighted by atomic mass is 16.5. The average molecular weight is 405 g/mol. The van der Waals surface area contributed by atoms with Gasteiger partial charge in [0.1, 0.15) is 12.6 Å². The molecular formula is C23H23N3O4. The Labute approximate surface area is 174 Å². The summed E-state index contributed by atoms with van der Waals surface area (Å²) in [6.45, 7) is -0.234. The minimum atomic E-state index is -0.932. The molecule has 0 bridgehead atoms. The van der Waals surface area contributed by atoms with Crippen molar-refractivity contribution in [3.05, 3.63) is 83.9 Å². The zero-order valence-corrected chi connectivity index (χ0v) is 16.3. The van der Waals surface area contributed by atoms with Crippen molar-refractivity contribution in [3.8, 4) is 0 Å². The number of nitrogens with one attached hydrogen (secondary N) is 2. The average Bonchev–Trinajstić information content (AvgIpc) is 2.76. The Morgan fingerprint density at radius 3 is 2.37 bits per heavy atom. The second kappa shape index (κ2) is 10.1. The van der Waals surface area contributed by atoms with Gasteiger partial charge in [-0.05, 0) is 21.9 Å². The summed E-state index contributed by atoms with van der Waals surface area (Å²) in [5.74, 6) is -1.18. The first kappa shape index (κ1) is 20.9. The highest BCUT2D eigenvalue weighted by Gasteiger charge is 2.23. The molecule has 1 atom stereocenters. The van der Waals surface area contributed by atoms with E-state index in [0.29, 0.717) is 0 Å². The van der Waals surface area contributed by atoms with Crippen LogP contribution in [0.3, 0.4) is 0 Å². The molecule has 154 valence electrons. The lowest BCUT2D eigenvalue weighted by Gasteiger charge is -2.19. The predicted octanol–water partition coefficient (Wildman–Crippen LogP) is 2.28. The van der Waals surface area contributed by atoms with Gasteiger partial charge >= 0.3 is 6.09 Å². The standard InChI is InChI=1S/C23H23N3O4/c24-21(27)14-25-22(28)20(26-23(29)30-15-16-7-2-1-3-8-16)13-18-11-6-10-17-9-4-5-12-19(17)18/h1-12,20H,13-15H2,(H2,24,27)(H,25,28)(H,26,29)/t20-/m0/s1. The van der Waals surface area contributed by atoms with E-state index in [1.807, 2.05) is 72.8 Å². The highest BCUT2D eigenvalue weighted by molar-refractivity contribution is 5.91. The molecule has 0 aliphatic rings. The summed E-state index contributed by atoms with van der Waals surface area (Å²) in [6, 6.07) is 21.8. The Kier molecular flexibility index (Phi) is 7.00. The number of benzene rings is 3. The molecule has 0 aliphatic heterocycles. The zero-order chi connectivity index (χ0) is 21.3. The van der Waals surface area contributed by atoms with Crippen LogP contribution in [0.5, 0.6) is 0 Å². The van der Waals surface area contributed by atoms with E-state index in [1.165, 1.54) is 0 Å². The molecule has 0 unspecified atom stereocenters. The maximum Gasteiger partial charge on any atom is 0.408 e. The largest absolute Gasteiger partial charge is 0.445 e. The smallest absolute Gasteiger partial charge is 0.408 e. The van der Waals surface area contributed by atoms with Crippen LogP contribution in [0.25, 0.3) is 10.8 Å². The second-order valence-electron chi connectivity index (χ2n) is 6.79. The molecular weight excluding hydrogens is 382 g/mol. The van der Waals surface area contributed by atoms with Gasteiger partial charge in [0.25, 0.3) is 0 Å². The first-order chi connectivity index (χ1) is 14.5. The van der Waals surface area contributed by atoms with E-state index in [1.54, 1.807) is 0 Å². The molecule has 3 aromatic carbocycles. The predicted molar refractivity (Wildman–Crippen MR) is 113 cm³/mol. The molecule has 0 aliphatic carbocycles. The maximum absolute atomic E-state index is 12.6. The number of nitrogens with two attached hydrogens (primary N) is 1. The van der Waals surface area contributed by atoms with Crippen molar-refractivity contribution < 1.29 is 19.1 Å². The van der Waals surface area contributed by atoms with Crippen LogP contribution >= 0.6 is 0 Å². The molecule has 3 aromatic rings. The molecule has 0 fully saturated rings. The fourth-order valence-electron chi connectivity index (χ4n) is 3.10. The summed E-state index contributed by atoms with van der Waals surface area (Å²) < 4.78 is 5.24. The third kappa shape index (κ3) is 5.81. The maximum atomic E-state index is 12.6. The molecule has 0 saturated heterocycles. The van der Waals surface area contributed by atoms with Gasteiger partial charge in [-0.25, -0.2) is 4.79 Å². The van der Waals surface area contributed by atoms with Gasteiger partial charge in [0.05, 0.1) is 6.54 Å². The van der Waals surface area contributed by atoms with Crippen LogP contribution < -0.4 is 16.4 Å². The van der Waals surface area contributed by atoms with E-state index in [2.05, 4.69) is 10.6 Å². The third-order valence-corrected chi connectivity index (χ3v) is 4.56. The van der Waals surface area contributed by atoms with Crippen molar-refractivity contribution in [2.45, 2.75) is 19.1 Å². The molecule has 0 heterocycles. The Morgan fingerprint density at radius 2 is 1.60 bits per heavy atom. The van der Waals surface area contributed by atoms with Crippen molar-refractivity contribution in [3.63, 3.8) is 0 Å². The van der Waals surface area contributed by atoms with E-state index >= 15 is 0 Å². The lowest BCUT2D eigenvalue weighted by atomic mass is 9.98. The van der Waals surface area contributed by atoms with Crippen molar-refractivity contribution in [2.75, 3.05) is 6.54 Å². The van der Waals surface area contributed by atoms with Crippen LogP contribution in [0.1, 0.15) is 11.1 Å². The molecule has 0 radical (unpaired) electrons. The Balaban J connectivity index is 1.73. The first-order valence-electron chi connectivity index (χ1n) is 9.53. The van der Waals surface area contributed by atoms with Crippen LogP contribution in [0, 0.1) is 0 Å². The summed E-state index contributed by atoms with van der Waals surface area (Å²) in [5.41, 5.74) is 6.83. The van der Waals surface area contributed by atoms with E-state index in [4.69, 9.17) is 10.5 Å². The minimum Gasteiger partial charge on any atom is -0.445 e. The number of alkyl carbamates (subject to hydrolysis) is 1. The molecule has 4 N–H and O–H groups in total. The van der Waals surface area contributed by atoms with Crippen LogP contribution in [-0.2, 0) is 27.4 Å². The van der Waals surface area contributed by atoms with E-state index in [9.17, 15) is 14.4 Å². The normalized spacial score (nSPS) is 11.5. The molecule has 0 spiro atoms. The lowest BCUT2D eigenvalue weighted by molar-refractivity contribution is -0.126. The number of hydrogen-bond acceptors (Lipinski definition) is 4. The topological polar surface area (TPSA) is 111 Å². The van der Waals surface area contributed by atoms with Gasteiger partial charge in [-0.15, -0.1) is 0 Å². The SMILES string of the molecule is NC(=O)CNC(=O)[C@H](Cc1cccc2ccccc12)NC(=O)OCc1ccccc1. The summed E-state index contributed by atoms with van der Waals surface area (Å²) in [7, 11) is 0. The van der Waals surface area contributed by atoms with Gasteiger partial charge in [0.2, 0.25) is 11.8 Å². The number of fused-ring (bicyclic) bond motifs is 1. The van der Waals surface area contributed by atoms with Gasteiger partial charge in [-0.3, -0.25) is 9.59 Å². The molecule has 7 nitrogen and oxygen atoms in total. The molecule has 3 rings (SSSR count). The third-order valence-electron chi connectivity index (χ3n) is 4.56. The number of primary amides is 1. The lowest BCUT2D eigenvalue weighted by Crippen LogP contribution is -2.49. The molecule has 0 saturated carbocycles. The molecule has 0 aromatic heterocycles. The minimum absolute atomic E-state index is 0.0799. The number of ether oxygens (including phenoxy) is 1. The monoisotopic (exact) mass is 405 g/mol.